The van der Waals surface area contributed by atoms with E-state index in [1.807, 2.05) is 6.07 Å². The van der Waals surface area contributed by atoms with Gasteiger partial charge in [0.1, 0.15) is 0 Å². The average Bonchev–Trinajstić information content (AvgIpc) is 2.70. The third-order valence-corrected chi connectivity index (χ3v) is 4.30. The van der Waals surface area contributed by atoms with Crippen LogP contribution in [0.2, 0.25) is 0 Å². The highest BCUT2D eigenvalue weighted by molar-refractivity contribution is 5.75. The molecule has 0 atom stereocenters. The van der Waals surface area contributed by atoms with Crippen LogP contribution in [0.15, 0.2) is 109 Å². The highest BCUT2D eigenvalue weighted by Crippen LogP contribution is 2.28. The molecule has 4 aromatic carbocycles. The Kier molecular flexibility index (Phi) is 3.95. The summed E-state index contributed by atoms with van der Waals surface area (Å²) in [6.45, 7) is 0. The van der Waals surface area contributed by atoms with E-state index in [1.165, 1.54) is 33.4 Å². The lowest BCUT2D eigenvalue weighted by Crippen LogP contribution is -1.82. The third kappa shape index (κ3) is 3.00. The number of hydrogen-bond donors (Lipinski definition) is 0. The summed E-state index contributed by atoms with van der Waals surface area (Å²) in [7, 11) is 0. The molecular weight excluding hydrogens is 288 g/mol. The Bertz CT molecular complexity index is 920. The van der Waals surface area contributed by atoms with Gasteiger partial charge in [-0.3, -0.25) is 0 Å². The van der Waals surface area contributed by atoms with Gasteiger partial charge in [0.15, 0.2) is 0 Å². The summed E-state index contributed by atoms with van der Waals surface area (Å²) in [6.07, 6.45) is 0. The van der Waals surface area contributed by atoms with Crippen LogP contribution < -0.4 is 0 Å². The van der Waals surface area contributed by atoms with Gasteiger partial charge in [0.25, 0.3) is 0 Å². The SMILES string of the molecule is c1ccc(-c2ccc(-c3cccc(-c4ccccc4)c3)cc2)cc1. The monoisotopic (exact) mass is 306 g/mol. The Balaban J connectivity index is 1.67. The quantitative estimate of drug-likeness (QED) is 0.395. The van der Waals surface area contributed by atoms with E-state index in [2.05, 4.69) is 103 Å². The standard InChI is InChI=1S/C24H18/c1-3-8-19(9-4-1)21-14-16-22(17-15-21)24-13-7-12-23(18-24)20-10-5-2-6-11-20/h1-18H. The van der Waals surface area contributed by atoms with Gasteiger partial charge in [-0.05, 0) is 39.4 Å². The van der Waals surface area contributed by atoms with Gasteiger partial charge < -0.3 is 0 Å². The minimum absolute atomic E-state index is 1.24. The highest BCUT2D eigenvalue weighted by atomic mass is 14.1. The molecule has 0 aliphatic carbocycles. The first-order valence-corrected chi connectivity index (χ1v) is 8.21. The Morgan fingerprint density at radius 2 is 0.583 bits per heavy atom. The summed E-state index contributed by atoms with van der Waals surface area (Å²) >= 11 is 0. The summed E-state index contributed by atoms with van der Waals surface area (Å²) in [5.41, 5.74) is 7.49. The first-order valence-electron chi connectivity index (χ1n) is 8.21. The molecule has 0 unspecified atom stereocenters. The largest absolute Gasteiger partial charge is 0.0622 e. The molecule has 0 saturated carbocycles. The molecule has 0 saturated heterocycles. The highest BCUT2D eigenvalue weighted by Gasteiger charge is 2.02. The smallest absolute Gasteiger partial charge is 0.0178 e. The molecule has 24 heavy (non-hydrogen) atoms. The lowest BCUT2D eigenvalue weighted by atomic mass is 9.97. The van der Waals surface area contributed by atoms with E-state index in [-0.39, 0.29) is 0 Å². The van der Waals surface area contributed by atoms with Crippen molar-refractivity contribution in [3.05, 3.63) is 109 Å². The molecule has 4 rings (SSSR count). The van der Waals surface area contributed by atoms with E-state index in [9.17, 15) is 0 Å². The van der Waals surface area contributed by atoms with Crippen LogP contribution in [-0.4, -0.2) is 0 Å². The zero-order valence-electron chi connectivity index (χ0n) is 13.4. The summed E-state index contributed by atoms with van der Waals surface area (Å²) < 4.78 is 0. The molecule has 0 nitrogen and oxygen atoms in total. The van der Waals surface area contributed by atoms with E-state index in [4.69, 9.17) is 0 Å². The fourth-order valence-electron chi connectivity index (χ4n) is 2.99. The van der Waals surface area contributed by atoms with Crippen molar-refractivity contribution >= 4 is 0 Å². The maximum absolute atomic E-state index is 2.26. The van der Waals surface area contributed by atoms with Gasteiger partial charge in [-0.2, -0.15) is 0 Å². The molecule has 0 aliphatic rings. The lowest BCUT2D eigenvalue weighted by molar-refractivity contribution is 1.57. The van der Waals surface area contributed by atoms with Gasteiger partial charge >= 0.3 is 0 Å². The van der Waals surface area contributed by atoms with Gasteiger partial charge in [-0.1, -0.05) is 103 Å². The van der Waals surface area contributed by atoms with Crippen molar-refractivity contribution in [1.82, 2.24) is 0 Å². The number of benzene rings is 4. The molecule has 0 radical (unpaired) electrons. The van der Waals surface area contributed by atoms with E-state index in [0.717, 1.165) is 0 Å². The van der Waals surface area contributed by atoms with Crippen LogP contribution in [0.5, 0.6) is 0 Å². The predicted molar refractivity (Wildman–Crippen MR) is 103 cm³/mol. The van der Waals surface area contributed by atoms with Crippen LogP contribution in [0, 0.1) is 0 Å². The second-order valence-electron chi connectivity index (χ2n) is 5.89. The normalized spacial score (nSPS) is 10.5. The zero-order chi connectivity index (χ0) is 16.2. The molecule has 114 valence electrons. The van der Waals surface area contributed by atoms with Gasteiger partial charge in [-0.25, -0.2) is 0 Å². The molecule has 0 N–H and O–H groups in total. The van der Waals surface area contributed by atoms with Crippen LogP contribution in [0.1, 0.15) is 0 Å². The molecule has 0 heterocycles. The number of hydrogen-bond acceptors (Lipinski definition) is 0. The Morgan fingerprint density at radius 1 is 0.250 bits per heavy atom. The van der Waals surface area contributed by atoms with E-state index >= 15 is 0 Å². The fourth-order valence-corrected chi connectivity index (χ4v) is 2.99. The Morgan fingerprint density at radius 3 is 1.08 bits per heavy atom. The first-order chi connectivity index (χ1) is 11.9. The van der Waals surface area contributed by atoms with Crippen molar-refractivity contribution in [3.8, 4) is 33.4 Å². The van der Waals surface area contributed by atoms with Crippen LogP contribution in [0.25, 0.3) is 33.4 Å². The minimum Gasteiger partial charge on any atom is -0.0622 e. The second kappa shape index (κ2) is 6.55. The molecule has 0 aromatic heterocycles. The van der Waals surface area contributed by atoms with Crippen molar-refractivity contribution in [2.75, 3.05) is 0 Å². The second-order valence-corrected chi connectivity index (χ2v) is 5.89. The van der Waals surface area contributed by atoms with Crippen LogP contribution in [-0.2, 0) is 0 Å². The molecule has 0 bridgehead atoms. The van der Waals surface area contributed by atoms with Crippen LogP contribution in [0.3, 0.4) is 0 Å². The summed E-state index contributed by atoms with van der Waals surface area (Å²) in [5.74, 6) is 0. The van der Waals surface area contributed by atoms with Gasteiger partial charge in [0.05, 0.1) is 0 Å². The van der Waals surface area contributed by atoms with Crippen molar-refractivity contribution in [2.45, 2.75) is 0 Å². The lowest BCUT2D eigenvalue weighted by Gasteiger charge is -2.07. The topological polar surface area (TPSA) is 0 Å². The molecule has 4 aromatic rings. The molecule has 0 heteroatoms. The molecular formula is C24H18. The maximum Gasteiger partial charge on any atom is -0.0178 e. The summed E-state index contributed by atoms with van der Waals surface area (Å²) in [6, 6.07) is 38.5. The molecule has 0 fully saturated rings. The summed E-state index contributed by atoms with van der Waals surface area (Å²) in [5, 5.41) is 0. The van der Waals surface area contributed by atoms with E-state index in [1.54, 1.807) is 0 Å². The van der Waals surface area contributed by atoms with Gasteiger partial charge in [-0.15, -0.1) is 0 Å². The van der Waals surface area contributed by atoms with Gasteiger partial charge in [0, 0.05) is 0 Å². The van der Waals surface area contributed by atoms with Crippen molar-refractivity contribution in [2.24, 2.45) is 0 Å². The zero-order valence-corrected chi connectivity index (χ0v) is 13.4. The van der Waals surface area contributed by atoms with E-state index in [0.29, 0.717) is 0 Å². The van der Waals surface area contributed by atoms with E-state index < -0.39 is 0 Å². The minimum atomic E-state index is 1.24. The molecule has 0 spiro atoms. The maximum atomic E-state index is 2.26. The van der Waals surface area contributed by atoms with Gasteiger partial charge in [0.2, 0.25) is 0 Å². The third-order valence-electron chi connectivity index (χ3n) is 4.30. The first kappa shape index (κ1) is 14.5. The predicted octanol–water partition coefficient (Wildman–Crippen LogP) is 6.69. The Hall–Kier alpha value is -3.12. The average molecular weight is 306 g/mol. The van der Waals surface area contributed by atoms with Crippen molar-refractivity contribution in [3.63, 3.8) is 0 Å². The molecule has 0 aliphatic heterocycles. The summed E-state index contributed by atoms with van der Waals surface area (Å²) in [4.78, 5) is 0. The van der Waals surface area contributed by atoms with Crippen LogP contribution in [0.4, 0.5) is 0 Å². The van der Waals surface area contributed by atoms with Crippen molar-refractivity contribution < 1.29 is 0 Å². The Labute approximate surface area is 143 Å². The fraction of sp³-hybridized carbons (Fsp3) is 0. The number of rotatable bonds is 3. The van der Waals surface area contributed by atoms with Crippen LogP contribution >= 0.6 is 0 Å². The molecule has 0 amide bonds. The van der Waals surface area contributed by atoms with Crippen molar-refractivity contribution in [1.29, 1.82) is 0 Å².